The van der Waals surface area contributed by atoms with Crippen LogP contribution in [0.1, 0.15) is 34.5 Å². The Morgan fingerprint density at radius 2 is 1.91 bits per heavy atom. The van der Waals surface area contributed by atoms with Crippen molar-refractivity contribution >= 4 is 17.2 Å². The van der Waals surface area contributed by atoms with Gasteiger partial charge in [-0.2, -0.15) is 5.10 Å². The van der Waals surface area contributed by atoms with E-state index in [1.165, 1.54) is 0 Å². The highest BCUT2D eigenvalue weighted by molar-refractivity contribution is 7.13. The van der Waals surface area contributed by atoms with Crippen molar-refractivity contribution in [2.24, 2.45) is 0 Å². The van der Waals surface area contributed by atoms with Crippen LogP contribution in [-0.2, 0) is 6.54 Å². The Bertz CT molecular complexity index is 1220. The Balaban J connectivity index is 1.39. The molecule has 2 aromatic heterocycles. The van der Waals surface area contributed by atoms with Crippen molar-refractivity contribution in [3.8, 4) is 22.1 Å². The lowest BCUT2D eigenvalue weighted by Gasteiger charge is -2.21. The summed E-state index contributed by atoms with van der Waals surface area (Å²) in [4.78, 5) is 14.2. The zero-order valence-electron chi connectivity index (χ0n) is 17.7. The molecule has 32 heavy (non-hydrogen) atoms. The number of nitrogens with zero attached hydrogens (tertiary/aromatic N) is 2. The molecule has 0 saturated heterocycles. The molecule has 0 aliphatic carbocycles. The Kier molecular flexibility index (Phi) is 5.64. The van der Waals surface area contributed by atoms with Crippen LogP contribution in [0.25, 0.3) is 10.6 Å². The van der Waals surface area contributed by atoms with Crippen molar-refractivity contribution in [3.63, 3.8) is 0 Å². The summed E-state index contributed by atoms with van der Waals surface area (Å²) >= 11 is 1.57. The average Bonchev–Trinajstić information content (AvgIpc) is 3.49. The predicted molar refractivity (Wildman–Crippen MR) is 124 cm³/mol. The van der Waals surface area contributed by atoms with E-state index in [-0.39, 0.29) is 11.9 Å². The minimum atomic E-state index is -0.202. The van der Waals surface area contributed by atoms with Crippen LogP contribution in [0.2, 0.25) is 0 Å². The van der Waals surface area contributed by atoms with Gasteiger partial charge in [-0.25, -0.2) is 0 Å². The topological polar surface area (TPSA) is 65.4 Å². The molecule has 162 valence electrons. The van der Waals surface area contributed by atoms with Crippen molar-refractivity contribution < 1.29 is 14.3 Å². The fourth-order valence-electron chi connectivity index (χ4n) is 3.72. The van der Waals surface area contributed by atoms with Gasteiger partial charge in [-0.3, -0.25) is 9.48 Å². The molecule has 0 radical (unpaired) electrons. The lowest BCUT2D eigenvalue weighted by molar-refractivity contribution is 0.0940. The molecule has 1 aliphatic heterocycles. The van der Waals surface area contributed by atoms with Crippen LogP contribution >= 0.6 is 11.3 Å². The fraction of sp³-hybridized carbons (Fsp3) is 0.200. The summed E-state index contributed by atoms with van der Waals surface area (Å²) < 4.78 is 13.1. The van der Waals surface area contributed by atoms with Gasteiger partial charge in [0.15, 0.2) is 11.5 Å². The van der Waals surface area contributed by atoms with Crippen LogP contribution < -0.4 is 14.8 Å². The van der Waals surface area contributed by atoms with Gasteiger partial charge in [0.05, 0.1) is 23.0 Å². The third-order valence-electron chi connectivity index (χ3n) is 5.36. The van der Waals surface area contributed by atoms with Crippen molar-refractivity contribution in [2.75, 3.05) is 13.2 Å². The van der Waals surface area contributed by atoms with Crippen molar-refractivity contribution in [1.82, 2.24) is 15.1 Å². The zero-order chi connectivity index (χ0) is 21.9. The molecular formula is C25H23N3O3S. The molecule has 0 spiro atoms. The highest BCUT2D eigenvalue weighted by atomic mass is 32.1. The van der Waals surface area contributed by atoms with E-state index in [2.05, 4.69) is 17.4 Å². The molecule has 6 nitrogen and oxygen atoms in total. The Hall–Kier alpha value is -3.58. The summed E-state index contributed by atoms with van der Waals surface area (Å²) in [5.41, 5.74) is 3.34. The number of hydrogen-bond acceptors (Lipinski definition) is 5. The molecule has 2 aromatic carbocycles. The molecule has 3 heterocycles. The first-order valence-electron chi connectivity index (χ1n) is 10.5. The molecule has 0 bridgehead atoms. The van der Waals surface area contributed by atoms with Gasteiger partial charge in [-0.05, 0) is 41.6 Å². The second kappa shape index (κ2) is 8.88. The summed E-state index contributed by atoms with van der Waals surface area (Å²) in [6.45, 7) is 3.64. The molecule has 4 aromatic rings. The van der Waals surface area contributed by atoms with Gasteiger partial charge >= 0.3 is 0 Å². The third kappa shape index (κ3) is 4.24. The number of carbonyl (C=O) groups is 1. The van der Waals surface area contributed by atoms with Gasteiger partial charge < -0.3 is 14.8 Å². The van der Waals surface area contributed by atoms with Gasteiger partial charge in [0, 0.05) is 6.20 Å². The molecule has 5 rings (SSSR count). The fourth-order valence-corrected chi connectivity index (χ4v) is 4.44. The number of amides is 1. The number of nitrogens with one attached hydrogen (secondary N) is 1. The number of rotatable bonds is 6. The minimum absolute atomic E-state index is 0.157. The lowest BCUT2D eigenvalue weighted by atomic mass is 10.1. The highest BCUT2D eigenvalue weighted by Gasteiger charge is 2.22. The number of aromatic nitrogens is 2. The Labute approximate surface area is 190 Å². The van der Waals surface area contributed by atoms with E-state index < -0.39 is 0 Å². The van der Waals surface area contributed by atoms with Crippen LogP contribution in [-0.4, -0.2) is 28.9 Å². The van der Waals surface area contributed by atoms with Crippen LogP contribution in [0, 0.1) is 0 Å². The van der Waals surface area contributed by atoms with Crippen LogP contribution in [0.15, 0.2) is 72.2 Å². The molecule has 1 amide bonds. The average molecular weight is 446 g/mol. The van der Waals surface area contributed by atoms with Crippen molar-refractivity contribution in [2.45, 2.75) is 19.5 Å². The summed E-state index contributed by atoms with van der Waals surface area (Å²) in [5.74, 6) is 1.29. The van der Waals surface area contributed by atoms with Gasteiger partial charge in [-0.1, -0.05) is 42.5 Å². The standard InChI is InChI=1S/C25H23N3O3S/c1-17(19-9-10-21-22(14-19)31-12-11-30-21)26-25(29)20-16-28(15-18-6-3-2-4-7-18)27-24(20)23-8-5-13-32-23/h2-10,13-14,16-17H,11-12,15H2,1H3,(H,26,29)/t17-/m1/s1. The first-order valence-corrected chi connectivity index (χ1v) is 11.4. The molecule has 1 atom stereocenters. The predicted octanol–water partition coefficient (Wildman–Crippen LogP) is 4.92. The van der Waals surface area contributed by atoms with E-state index in [1.807, 2.05) is 71.7 Å². The zero-order valence-corrected chi connectivity index (χ0v) is 18.5. The molecule has 0 unspecified atom stereocenters. The molecule has 7 heteroatoms. The molecular weight excluding hydrogens is 422 g/mol. The van der Waals surface area contributed by atoms with Crippen LogP contribution in [0.5, 0.6) is 11.5 Å². The van der Waals surface area contributed by atoms with E-state index in [9.17, 15) is 4.79 Å². The summed E-state index contributed by atoms with van der Waals surface area (Å²) in [6.07, 6.45) is 1.83. The monoisotopic (exact) mass is 445 g/mol. The van der Waals surface area contributed by atoms with E-state index in [1.54, 1.807) is 11.3 Å². The third-order valence-corrected chi connectivity index (χ3v) is 6.24. The number of benzene rings is 2. The van der Waals surface area contributed by atoms with Gasteiger partial charge in [0.2, 0.25) is 0 Å². The lowest BCUT2D eigenvalue weighted by Crippen LogP contribution is -2.27. The van der Waals surface area contributed by atoms with E-state index in [0.717, 1.165) is 21.8 Å². The molecule has 1 N–H and O–H groups in total. The van der Waals surface area contributed by atoms with E-state index in [4.69, 9.17) is 14.6 Å². The second-order valence-corrected chi connectivity index (χ2v) is 8.60. The van der Waals surface area contributed by atoms with Crippen LogP contribution in [0.3, 0.4) is 0 Å². The second-order valence-electron chi connectivity index (χ2n) is 7.65. The first kappa shape index (κ1) is 20.3. The smallest absolute Gasteiger partial charge is 0.255 e. The SMILES string of the molecule is C[C@@H](NC(=O)c1cn(Cc2ccccc2)nc1-c1cccs1)c1ccc2c(c1)OCCO2. The maximum Gasteiger partial charge on any atom is 0.255 e. The normalized spacial score (nSPS) is 13.5. The first-order chi connectivity index (χ1) is 15.7. The molecule has 0 fully saturated rings. The number of carbonyl (C=O) groups excluding carboxylic acids is 1. The van der Waals surface area contributed by atoms with Crippen LogP contribution in [0.4, 0.5) is 0 Å². The number of ether oxygens (including phenoxy) is 2. The Morgan fingerprint density at radius 3 is 2.69 bits per heavy atom. The van der Waals surface area contributed by atoms with Gasteiger partial charge in [-0.15, -0.1) is 11.3 Å². The molecule has 1 aliphatic rings. The summed E-state index contributed by atoms with van der Waals surface area (Å²) in [6, 6.07) is 19.6. The molecule has 0 saturated carbocycles. The minimum Gasteiger partial charge on any atom is -0.486 e. The van der Waals surface area contributed by atoms with E-state index in [0.29, 0.717) is 36.8 Å². The summed E-state index contributed by atoms with van der Waals surface area (Å²) in [5, 5.41) is 9.84. The van der Waals surface area contributed by atoms with E-state index >= 15 is 0 Å². The van der Waals surface area contributed by atoms with Gasteiger partial charge in [0.1, 0.15) is 18.9 Å². The van der Waals surface area contributed by atoms with Crippen molar-refractivity contribution in [1.29, 1.82) is 0 Å². The van der Waals surface area contributed by atoms with Gasteiger partial charge in [0.25, 0.3) is 5.91 Å². The van der Waals surface area contributed by atoms with Crippen molar-refractivity contribution in [3.05, 3.63) is 88.9 Å². The number of fused-ring (bicyclic) bond motifs is 1. The number of thiophene rings is 1. The maximum absolute atomic E-state index is 13.3. The number of hydrogen-bond donors (Lipinski definition) is 1. The Morgan fingerprint density at radius 1 is 1.09 bits per heavy atom. The maximum atomic E-state index is 13.3. The largest absolute Gasteiger partial charge is 0.486 e. The summed E-state index contributed by atoms with van der Waals surface area (Å²) in [7, 11) is 0. The quantitative estimate of drug-likeness (QED) is 0.457. The highest BCUT2D eigenvalue weighted by Crippen LogP contribution is 2.33.